The van der Waals surface area contributed by atoms with Crippen LogP contribution < -0.4 is 5.32 Å². The molecule has 1 spiro atoms. The summed E-state index contributed by atoms with van der Waals surface area (Å²) in [5.41, 5.74) is 1.61. The van der Waals surface area contributed by atoms with Crippen LogP contribution >= 0.6 is 0 Å². The van der Waals surface area contributed by atoms with E-state index in [1.54, 1.807) is 16.4 Å². The van der Waals surface area contributed by atoms with E-state index >= 15 is 0 Å². The fourth-order valence-electron chi connectivity index (χ4n) is 4.35. The van der Waals surface area contributed by atoms with Crippen molar-refractivity contribution in [2.75, 3.05) is 13.1 Å². The van der Waals surface area contributed by atoms with Gasteiger partial charge in [0.15, 0.2) is 0 Å². The molecule has 2 aromatic rings. The van der Waals surface area contributed by atoms with E-state index in [4.69, 9.17) is 0 Å². The summed E-state index contributed by atoms with van der Waals surface area (Å²) in [7, 11) is -3.53. The topological polar surface area (TPSA) is 69.7 Å². The molecule has 1 unspecified atom stereocenters. The Kier molecular flexibility index (Phi) is 5.23. The standard InChI is InChI=1S/C22H27N3O3S/c1-17-8-10-20(11-9-17)29(27,28)24-14-12-22(13-15-24)23-18(2)21(26)25(22)16-19-6-4-3-5-7-19/h3-11,18,23H,12-16H2,1-2H3. The number of carbonyl (C=O) groups is 1. The summed E-state index contributed by atoms with van der Waals surface area (Å²) in [6.07, 6.45) is 1.14. The van der Waals surface area contributed by atoms with Crippen LogP contribution in [0.15, 0.2) is 59.5 Å². The normalized spacial score (nSPS) is 22.3. The van der Waals surface area contributed by atoms with Gasteiger partial charge in [-0.3, -0.25) is 10.1 Å². The average molecular weight is 414 g/mol. The lowest BCUT2D eigenvalue weighted by Crippen LogP contribution is -2.59. The number of carbonyl (C=O) groups excluding carboxylic acids is 1. The van der Waals surface area contributed by atoms with Crippen LogP contribution in [0.25, 0.3) is 0 Å². The molecule has 1 atom stereocenters. The molecule has 4 rings (SSSR count). The lowest BCUT2D eigenvalue weighted by atomic mass is 9.96. The van der Waals surface area contributed by atoms with Gasteiger partial charge in [0.05, 0.1) is 16.6 Å². The summed E-state index contributed by atoms with van der Waals surface area (Å²) in [4.78, 5) is 15.1. The average Bonchev–Trinajstić information content (AvgIpc) is 2.93. The summed E-state index contributed by atoms with van der Waals surface area (Å²) in [6, 6.07) is 16.6. The highest BCUT2D eigenvalue weighted by Crippen LogP contribution is 2.35. The lowest BCUT2D eigenvalue weighted by molar-refractivity contribution is -0.133. The predicted octanol–water partition coefficient (Wildman–Crippen LogP) is 2.50. The smallest absolute Gasteiger partial charge is 0.243 e. The van der Waals surface area contributed by atoms with Gasteiger partial charge >= 0.3 is 0 Å². The van der Waals surface area contributed by atoms with Crippen LogP contribution in [0.1, 0.15) is 30.9 Å². The maximum Gasteiger partial charge on any atom is 0.243 e. The van der Waals surface area contributed by atoms with E-state index in [9.17, 15) is 13.2 Å². The Morgan fingerprint density at radius 1 is 1.03 bits per heavy atom. The molecule has 1 N–H and O–H groups in total. The SMILES string of the molecule is Cc1ccc(S(=O)(=O)N2CCC3(CC2)NC(C)C(=O)N3Cc2ccccc2)cc1. The predicted molar refractivity (Wildman–Crippen MR) is 111 cm³/mol. The number of piperidine rings is 1. The van der Waals surface area contributed by atoms with Crippen molar-refractivity contribution in [2.24, 2.45) is 0 Å². The second-order valence-corrected chi connectivity index (χ2v) is 9.96. The first-order valence-corrected chi connectivity index (χ1v) is 11.5. The molecule has 154 valence electrons. The van der Waals surface area contributed by atoms with Crippen molar-refractivity contribution >= 4 is 15.9 Å². The zero-order chi connectivity index (χ0) is 20.6. The van der Waals surface area contributed by atoms with Crippen LogP contribution in [0.3, 0.4) is 0 Å². The molecule has 2 fully saturated rings. The van der Waals surface area contributed by atoms with E-state index in [2.05, 4.69) is 5.32 Å². The molecule has 6 nitrogen and oxygen atoms in total. The van der Waals surface area contributed by atoms with E-state index < -0.39 is 15.7 Å². The summed E-state index contributed by atoms with van der Waals surface area (Å²) < 4.78 is 27.6. The molecule has 0 radical (unpaired) electrons. The minimum atomic E-state index is -3.53. The van der Waals surface area contributed by atoms with Gasteiger partial charge in [0.25, 0.3) is 0 Å². The molecule has 0 bridgehead atoms. The van der Waals surface area contributed by atoms with E-state index in [1.807, 2.05) is 61.2 Å². The number of aryl methyl sites for hydroxylation is 1. The molecule has 2 saturated heterocycles. The summed E-state index contributed by atoms with van der Waals surface area (Å²) in [5, 5.41) is 3.46. The quantitative estimate of drug-likeness (QED) is 0.836. The Bertz CT molecular complexity index is 982. The van der Waals surface area contributed by atoms with Gasteiger partial charge in [0, 0.05) is 19.6 Å². The fourth-order valence-corrected chi connectivity index (χ4v) is 5.79. The first-order chi connectivity index (χ1) is 13.8. The van der Waals surface area contributed by atoms with Crippen molar-refractivity contribution < 1.29 is 13.2 Å². The van der Waals surface area contributed by atoms with E-state index in [-0.39, 0.29) is 11.9 Å². The number of nitrogens with one attached hydrogen (secondary N) is 1. The molecule has 0 saturated carbocycles. The zero-order valence-corrected chi connectivity index (χ0v) is 17.7. The van der Waals surface area contributed by atoms with Gasteiger partial charge in [-0.2, -0.15) is 4.31 Å². The van der Waals surface area contributed by atoms with Crippen LogP contribution in [0, 0.1) is 6.92 Å². The molecule has 0 aliphatic carbocycles. The Labute approximate surface area is 172 Å². The molecule has 29 heavy (non-hydrogen) atoms. The van der Waals surface area contributed by atoms with Crippen molar-refractivity contribution in [3.8, 4) is 0 Å². The monoisotopic (exact) mass is 413 g/mol. The van der Waals surface area contributed by atoms with Crippen molar-refractivity contribution in [3.05, 3.63) is 65.7 Å². The highest BCUT2D eigenvalue weighted by molar-refractivity contribution is 7.89. The minimum Gasteiger partial charge on any atom is -0.319 e. The number of sulfonamides is 1. The van der Waals surface area contributed by atoms with Crippen molar-refractivity contribution in [3.63, 3.8) is 0 Å². The van der Waals surface area contributed by atoms with Gasteiger partial charge in [-0.15, -0.1) is 0 Å². The van der Waals surface area contributed by atoms with E-state index in [1.165, 1.54) is 0 Å². The molecule has 2 heterocycles. The number of nitrogens with zero attached hydrogens (tertiary/aromatic N) is 2. The summed E-state index contributed by atoms with van der Waals surface area (Å²) in [5.74, 6) is 0.0729. The number of benzene rings is 2. The van der Waals surface area contributed by atoms with Gasteiger partial charge in [-0.05, 0) is 44.4 Å². The Balaban J connectivity index is 1.53. The maximum atomic E-state index is 13.0. The first-order valence-electron chi connectivity index (χ1n) is 10.0. The number of hydrogen-bond acceptors (Lipinski definition) is 4. The van der Waals surface area contributed by atoms with Gasteiger partial charge in [0.1, 0.15) is 0 Å². The molecule has 0 aromatic heterocycles. The number of amides is 1. The lowest BCUT2D eigenvalue weighted by Gasteiger charge is -2.44. The Morgan fingerprint density at radius 3 is 2.28 bits per heavy atom. The van der Waals surface area contributed by atoms with Crippen molar-refractivity contribution in [2.45, 2.75) is 49.8 Å². The van der Waals surface area contributed by atoms with Gasteiger partial charge in [-0.25, -0.2) is 8.42 Å². The van der Waals surface area contributed by atoms with Crippen molar-refractivity contribution in [1.82, 2.24) is 14.5 Å². The highest BCUT2D eigenvalue weighted by Gasteiger charge is 2.51. The maximum absolute atomic E-state index is 13.0. The van der Waals surface area contributed by atoms with Gasteiger partial charge in [0.2, 0.25) is 15.9 Å². The van der Waals surface area contributed by atoms with Crippen LogP contribution in [-0.4, -0.2) is 48.3 Å². The Hall–Kier alpha value is -2.22. The number of hydrogen-bond donors (Lipinski definition) is 1. The molecule has 2 aromatic carbocycles. The third kappa shape index (κ3) is 3.70. The molecular weight excluding hydrogens is 386 g/mol. The van der Waals surface area contributed by atoms with Crippen LogP contribution in [0.2, 0.25) is 0 Å². The van der Waals surface area contributed by atoms with Crippen LogP contribution in [0.5, 0.6) is 0 Å². The molecule has 2 aliphatic rings. The van der Waals surface area contributed by atoms with Gasteiger partial charge in [-0.1, -0.05) is 48.0 Å². The first kappa shape index (κ1) is 20.1. The molecule has 7 heteroatoms. The third-order valence-corrected chi connectivity index (χ3v) is 7.94. The van der Waals surface area contributed by atoms with Crippen LogP contribution in [0.4, 0.5) is 0 Å². The zero-order valence-electron chi connectivity index (χ0n) is 16.8. The van der Waals surface area contributed by atoms with Gasteiger partial charge < -0.3 is 4.90 Å². The summed E-state index contributed by atoms with van der Waals surface area (Å²) in [6.45, 7) is 5.11. The third-order valence-electron chi connectivity index (χ3n) is 6.03. The molecule has 1 amide bonds. The van der Waals surface area contributed by atoms with E-state index in [0.717, 1.165) is 11.1 Å². The molecular formula is C22H27N3O3S. The Morgan fingerprint density at radius 2 is 1.66 bits per heavy atom. The highest BCUT2D eigenvalue weighted by atomic mass is 32.2. The van der Waals surface area contributed by atoms with Crippen LogP contribution in [-0.2, 0) is 21.4 Å². The van der Waals surface area contributed by atoms with Crippen molar-refractivity contribution in [1.29, 1.82) is 0 Å². The second kappa shape index (κ2) is 7.55. The largest absolute Gasteiger partial charge is 0.319 e. The summed E-state index contributed by atoms with van der Waals surface area (Å²) >= 11 is 0. The van der Waals surface area contributed by atoms with E-state index in [0.29, 0.717) is 37.4 Å². The molecule has 2 aliphatic heterocycles. The minimum absolute atomic E-state index is 0.0729. The number of rotatable bonds is 4. The second-order valence-electron chi connectivity index (χ2n) is 8.02. The fraction of sp³-hybridized carbons (Fsp3) is 0.409.